The van der Waals surface area contributed by atoms with Crippen LogP contribution in [0.1, 0.15) is 18.9 Å². The van der Waals surface area contributed by atoms with Crippen molar-refractivity contribution < 1.29 is 14.4 Å². The van der Waals surface area contributed by atoms with Crippen LogP contribution in [0, 0.1) is 0 Å². The molecule has 2 aliphatic heterocycles. The Labute approximate surface area is 211 Å². The second-order valence-electron chi connectivity index (χ2n) is 8.90. The van der Waals surface area contributed by atoms with Gasteiger partial charge in [-0.15, -0.1) is 0 Å². The minimum atomic E-state index is -0.805. The molecule has 0 saturated carbocycles. The average molecular weight is 498 g/mol. The fourth-order valence-electron chi connectivity index (χ4n) is 4.64. The fraction of sp³-hybridized carbons (Fsp3) is 0.423. The van der Waals surface area contributed by atoms with Crippen LogP contribution in [0.3, 0.4) is 0 Å². The standard InChI is InChI=1S/C26H32ClN5O3/c1-2-19-5-3-4-6-22(19)29-24(33)17-23-26(35)28-11-12-32(23)25(34)18-30-13-15-31(16-14-30)21-9-7-20(27)8-10-21/h3-10,23H,2,11-18H2,1H3,(H,28,35)(H,29,33). The number of amides is 3. The van der Waals surface area contributed by atoms with Gasteiger partial charge in [-0.05, 0) is 42.3 Å². The van der Waals surface area contributed by atoms with E-state index in [2.05, 4.69) is 20.4 Å². The molecule has 2 aromatic rings. The molecule has 1 atom stereocenters. The largest absolute Gasteiger partial charge is 0.369 e. The molecule has 8 nitrogen and oxygen atoms in total. The first-order chi connectivity index (χ1) is 16.9. The summed E-state index contributed by atoms with van der Waals surface area (Å²) in [5.41, 5.74) is 2.89. The van der Waals surface area contributed by atoms with Crippen LogP contribution in [0.2, 0.25) is 5.02 Å². The number of carbonyl (C=O) groups excluding carboxylic acids is 3. The molecule has 2 saturated heterocycles. The van der Waals surface area contributed by atoms with Crippen molar-refractivity contribution in [3.05, 3.63) is 59.1 Å². The molecule has 0 radical (unpaired) electrons. The van der Waals surface area contributed by atoms with Gasteiger partial charge < -0.3 is 20.4 Å². The van der Waals surface area contributed by atoms with E-state index in [0.29, 0.717) is 18.1 Å². The number of para-hydroxylation sites is 1. The normalized spacial score (nSPS) is 18.8. The maximum atomic E-state index is 13.2. The van der Waals surface area contributed by atoms with Crippen LogP contribution < -0.4 is 15.5 Å². The number of piperazine rings is 2. The van der Waals surface area contributed by atoms with Crippen molar-refractivity contribution in [1.29, 1.82) is 0 Å². The summed E-state index contributed by atoms with van der Waals surface area (Å²) in [7, 11) is 0. The number of nitrogens with zero attached hydrogens (tertiary/aromatic N) is 3. The summed E-state index contributed by atoms with van der Waals surface area (Å²) in [4.78, 5) is 44.6. The van der Waals surface area contributed by atoms with E-state index in [0.717, 1.165) is 49.5 Å². The van der Waals surface area contributed by atoms with Crippen LogP contribution >= 0.6 is 11.6 Å². The molecule has 3 amide bonds. The van der Waals surface area contributed by atoms with Gasteiger partial charge in [0.1, 0.15) is 6.04 Å². The Morgan fingerprint density at radius 1 is 1.03 bits per heavy atom. The summed E-state index contributed by atoms with van der Waals surface area (Å²) in [6.07, 6.45) is 0.718. The summed E-state index contributed by atoms with van der Waals surface area (Å²) in [5.74, 6) is -0.676. The number of benzene rings is 2. The number of hydrogen-bond donors (Lipinski definition) is 2. The van der Waals surface area contributed by atoms with E-state index in [9.17, 15) is 14.4 Å². The van der Waals surface area contributed by atoms with E-state index in [-0.39, 0.29) is 30.7 Å². The van der Waals surface area contributed by atoms with Crippen molar-refractivity contribution in [3.8, 4) is 0 Å². The zero-order chi connectivity index (χ0) is 24.8. The first kappa shape index (κ1) is 25.0. The number of nitrogens with one attached hydrogen (secondary N) is 2. The number of rotatable bonds is 7. The van der Waals surface area contributed by atoms with Crippen molar-refractivity contribution in [2.45, 2.75) is 25.8 Å². The molecule has 1 unspecified atom stereocenters. The maximum Gasteiger partial charge on any atom is 0.243 e. The van der Waals surface area contributed by atoms with Gasteiger partial charge in [0.25, 0.3) is 0 Å². The second-order valence-corrected chi connectivity index (χ2v) is 9.33. The van der Waals surface area contributed by atoms with Gasteiger partial charge in [-0.2, -0.15) is 0 Å². The van der Waals surface area contributed by atoms with Crippen LogP contribution in [0.25, 0.3) is 0 Å². The highest BCUT2D eigenvalue weighted by molar-refractivity contribution is 6.30. The summed E-state index contributed by atoms with van der Waals surface area (Å²) in [5, 5.41) is 6.42. The van der Waals surface area contributed by atoms with Crippen molar-refractivity contribution in [1.82, 2.24) is 15.1 Å². The molecule has 2 heterocycles. The zero-order valence-corrected chi connectivity index (χ0v) is 20.8. The van der Waals surface area contributed by atoms with Crippen molar-refractivity contribution in [3.63, 3.8) is 0 Å². The van der Waals surface area contributed by atoms with Gasteiger partial charge in [0.15, 0.2) is 0 Å². The molecule has 0 spiro atoms. The minimum Gasteiger partial charge on any atom is -0.369 e. The fourth-order valence-corrected chi connectivity index (χ4v) is 4.77. The SMILES string of the molecule is CCc1ccccc1NC(=O)CC1C(=O)NCCN1C(=O)CN1CCN(c2ccc(Cl)cc2)CC1. The highest BCUT2D eigenvalue weighted by Crippen LogP contribution is 2.20. The Balaban J connectivity index is 1.33. The third kappa shape index (κ3) is 6.32. The minimum absolute atomic E-state index is 0.0695. The van der Waals surface area contributed by atoms with Crippen LogP contribution in [0.4, 0.5) is 11.4 Å². The lowest BCUT2D eigenvalue weighted by atomic mass is 10.1. The van der Waals surface area contributed by atoms with Gasteiger partial charge in [-0.1, -0.05) is 36.7 Å². The quantitative estimate of drug-likeness (QED) is 0.613. The van der Waals surface area contributed by atoms with Crippen LogP contribution in [-0.4, -0.2) is 79.4 Å². The molecular formula is C26H32ClN5O3. The predicted molar refractivity (Wildman–Crippen MR) is 138 cm³/mol. The van der Waals surface area contributed by atoms with E-state index in [1.54, 1.807) is 4.90 Å². The van der Waals surface area contributed by atoms with Gasteiger partial charge in [0, 0.05) is 55.7 Å². The van der Waals surface area contributed by atoms with Gasteiger partial charge in [-0.25, -0.2) is 0 Å². The Morgan fingerprint density at radius 3 is 2.46 bits per heavy atom. The van der Waals surface area contributed by atoms with Gasteiger partial charge >= 0.3 is 0 Å². The summed E-state index contributed by atoms with van der Waals surface area (Å²) < 4.78 is 0. The molecule has 186 valence electrons. The Morgan fingerprint density at radius 2 is 1.74 bits per heavy atom. The average Bonchev–Trinajstić information content (AvgIpc) is 2.86. The van der Waals surface area contributed by atoms with E-state index in [4.69, 9.17) is 11.6 Å². The lowest BCUT2D eigenvalue weighted by molar-refractivity contribution is -0.145. The highest BCUT2D eigenvalue weighted by Gasteiger charge is 2.35. The first-order valence-corrected chi connectivity index (χ1v) is 12.5. The van der Waals surface area contributed by atoms with Crippen LogP contribution in [0.5, 0.6) is 0 Å². The summed E-state index contributed by atoms with van der Waals surface area (Å²) >= 11 is 5.99. The molecule has 2 N–H and O–H groups in total. The molecule has 0 bridgehead atoms. The van der Waals surface area contributed by atoms with E-state index >= 15 is 0 Å². The number of halogens is 1. The zero-order valence-electron chi connectivity index (χ0n) is 20.0. The van der Waals surface area contributed by atoms with Gasteiger partial charge in [-0.3, -0.25) is 19.3 Å². The Bertz CT molecular complexity index is 1050. The van der Waals surface area contributed by atoms with Gasteiger partial charge in [0.05, 0.1) is 13.0 Å². The molecule has 0 aliphatic carbocycles. The highest BCUT2D eigenvalue weighted by atomic mass is 35.5. The molecular weight excluding hydrogens is 466 g/mol. The number of anilines is 2. The maximum absolute atomic E-state index is 13.2. The predicted octanol–water partition coefficient (Wildman–Crippen LogP) is 2.38. The third-order valence-electron chi connectivity index (χ3n) is 6.63. The molecule has 2 fully saturated rings. The molecule has 4 rings (SSSR count). The third-order valence-corrected chi connectivity index (χ3v) is 6.88. The molecule has 2 aliphatic rings. The van der Waals surface area contributed by atoms with Crippen LogP contribution in [-0.2, 0) is 20.8 Å². The summed E-state index contributed by atoms with van der Waals surface area (Å²) in [6, 6.07) is 14.6. The molecule has 9 heteroatoms. The Hall–Kier alpha value is -3.10. The van der Waals surface area contributed by atoms with E-state index < -0.39 is 6.04 Å². The van der Waals surface area contributed by atoms with Crippen molar-refractivity contribution in [2.75, 3.05) is 56.0 Å². The Kier molecular flexibility index (Phi) is 8.25. The lowest BCUT2D eigenvalue weighted by Crippen LogP contribution is -2.60. The lowest BCUT2D eigenvalue weighted by Gasteiger charge is -2.39. The number of aryl methyl sites for hydroxylation is 1. The van der Waals surface area contributed by atoms with E-state index in [1.165, 1.54) is 0 Å². The van der Waals surface area contributed by atoms with Gasteiger partial charge in [0.2, 0.25) is 17.7 Å². The van der Waals surface area contributed by atoms with Crippen molar-refractivity contribution in [2.24, 2.45) is 0 Å². The monoisotopic (exact) mass is 497 g/mol. The smallest absolute Gasteiger partial charge is 0.243 e. The number of hydrogen-bond acceptors (Lipinski definition) is 5. The molecule has 0 aromatic heterocycles. The number of carbonyl (C=O) groups is 3. The topological polar surface area (TPSA) is 85.0 Å². The first-order valence-electron chi connectivity index (χ1n) is 12.1. The van der Waals surface area contributed by atoms with Crippen molar-refractivity contribution >= 4 is 40.7 Å². The molecule has 35 heavy (non-hydrogen) atoms. The summed E-state index contributed by atoms with van der Waals surface area (Å²) in [6.45, 7) is 6.15. The molecule has 2 aromatic carbocycles. The second kappa shape index (κ2) is 11.6. The van der Waals surface area contributed by atoms with E-state index in [1.807, 2.05) is 55.5 Å². The van der Waals surface area contributed by atoms with Crippen LogP contribution in [0.15, 0.2) is 48.5 Å².